The first-order chi connectivity index (χ1) is 10.6. The summed E-state index contributed by atoms with van der Waals surface area (Å²) < 4.78 is 3.61. The summed E-state index contributed by atoms with van der Waals surface area (Å²) in [4.78, 5) is 12.6. The van der Waals surface area contributed by atoms with Crippen molar-refractivity contribution in [1.82, 2.24) is 30.2 Å². The maximum atomic E-state index is 12.6. The van der Waals surface area contributed by atoms with E-state index in [2.05, 4.69) is 20.8 Å². The van der Waals surface area contributed by atoms with Crippen molar-refractivity contribution in [2.75, 3.05) is 13.1 Å². The zero-order valence-corrected chi connectivity index (χ0v) is 12.9. The number of nitrogens with one attached hydrogen (secondary N) is 2. The molecule has 0 spiro atoms. The largest absolute Gasteiger partial charge is 0.351 e. The lowest BCUT2D eigenvalue weighted by Crippen LogP contribution is -2.41. The van der Waals surface area contributed by atoms with Crippen LogP contribution in [0.25, 0.3) is 0 Å². The fraction of sp³-hybridized carbons (Fsp3) is 0.533. The second kappa shape index (κ2) is 6.31. The van der Waals surface area contributed by atoms with Crippen LogP contribution in [0.2, 0.25) is 0 Å². The Morgan fingerprint density at radius 2 is 2.36 bits per heavy atom. The van der Waals surface area contributed by atoms with Gasteiger partial charge in [-0.25, -0.2) is 0 Å². The minimum Gasteiger partial charge on any atom is -0.351 e. The molecule has 0 aromatic carbocycles. The van der Waals surface area contributed by atoms with Crippen molar-refractivity contribution >= 4 is 5.91 Å². The first-order valence-electron chi connectivity index (χ1n) is 7.60. The summed E-state index contributed by atoms with van der Waals surface area (Å²) >= 11 is 0. The van der Waals surface area contributed by atoms with E-state index >= 15 is 0 Å². The number of nitrogens with zero attached hydrogens (tertiary/aromatic N) is 4. The predicted molar refractivity (Wildman–Crippen MR) is 82.1 cm³/mol. The zero-order chi connectivity index (χ0) is 15.5. The third kappa shape index (κ3) is 3.19. The normalized spacial score (nSPS) is 22.6. The Bertz CT molecular complexity index is 620. The molecule has 3 atom stereocenters. The van der Waals surface area contributed by atoms with Crippen molar-refractivity contribution in [3.8, 4) is 0 Å². The molecule has 2 aromatic heterocycles. The van der Waals surface area contributed by atoms with Gasteiger partial charge in [0.05, 0.1) is 18.7 Å². The fourth-order valence-electron chi connectivity index (χ4n) is 3.02. The Balaban J connectivity index is 1.61. The van der Waals surface area contributed by atoms with Gasteiger partial charge in [-0.1, -0.05) is 0 Å². The van der Waals surface area contributed by atoms with E-state index in [-0.39, 0.29) is 23.8 Å². The van der Waals surface area contributed by atoms with E-state index in [1.807, 2.05) is 43.3 Å². The second-order valence-corrected chi connectivity index (χ2v) is 5.96. The lowest BCUT2D eigenvalue weighted by molar-refractivity contribution is -0.125. The molecule has 1 aliphatic rings. The van der Waals surface area contributed by atoms with Gasteiger partial charge in [-0.2, -0.15) is 10.2 Å². The SMILES string of the molecule is CC(Cn1cccn1)NC(=O)[C@H]1CNC[C@@H]1c1cnn(C)c1. The number of hydrogen-bond donors (Lipinski definition) is 2. The van der Waals surface area contributed by atoms with Crippen LogP contribution in [0.4, 0.5) is 0 Å². The van der Waals surface area contributed by atoms with Crippen molar-refractivity contribution in [3.05, 3.63) is 36.4 Å². The molecule has 118 valence electrons. The van der Waals surface area contributed by atoms with Crippen LogP contribution in [-0.4, -0.2) is 44.6 Å². The van der Waals surface area contributed by atoms with Crippen LogP contribution < -0.4 is 10.6 Å². The molecular formula is C15H22N6O. The highest BCUT2D eigenvalue weighted by Crippen LogP contribution is 2.27. The Kier molecular flexibility index (Phi) is 4.24. The van der Waals surface area contributed by atoms with Crippen LogP contribution in [0.1, 0.15) is 18.4 Å². The van der Waals surface area contributed by atoms with Gasteiger partial charge in [0.25, 0.3) is 0 Å². The van der Waals surface area contributed by atoms with Gasteiger partial charge in [-0.05, 0) is 18.6 Å². The number of carbonyl (C=O) groups is 1. The van der Waals surface area contributed by atoms with Gasteiger partial charge in [-0.15, -0.1) is 0 Å². The molecule has 2 aromatic rings. The number of aryl methyl sites for hydroxylation is 1. The van der Waals surface area contributed by atoms with Crippen molar-refractivity contribution < 1.29 is 4.79 Å². The third-order valence-corrected chi connectivity index (χ3v) is 4.11. The average Bonchev–Trinajstić information content (AvgIpc) is 3.17. The monoisotopic (exact) mass is 302 g/mol. The van der Waals surface area contributed by atoms with E-state index in [1.165, 1.54) is 0 Å². The number of amides is 1. The quantitative estimate of drug-likeness (QED) is 0.823. The van der Waals surface area contributed by atoms with Gasteiger partial charge in [-0.3, -0.25) is 14.2 Å². The maximum Gasteiger partial charge on any atom is 0.225 e. The van der Waals surface area contributed by atoms with Gasteiger partial charge < -0.3 is 10.6 Å². The summed E-state index contributed by atoms with van der Waals surface area (Å²) in [5, 5.41) is 14.8. The molecule has 1 amide bonds. The minimum atomic E-state index is -0.0516. The molecule has 2 N–H and O–H groups in total. The molecule has 1 aliphatic heterocycles. The highest BCUT2D eigenvalue weighted by atomic mass is 16.2. The average molecular weight is 302 g/mol. The van der Waals surface area contributed by atoms with Crippen LogP contribution >= 0.6 is 0 Å². The standard InChI is InChI=1S/C15H22N6O/c1-11(9-21-5-3-4-17-21)19-15(22)14-8-16-7-13(14)12-6-18-20(2)10-12/h3-6,10-11,13-14,16H,7-9H2,1-2H3,(H,19,22)/t11?,13-,14+/m1/s1. The Hall–Kier alpha value is -2.15. The zero-order valence-electron chi connectivity index (χ0n) is 12.9. The summed E-state index contributed by atoms with van der Waals surface area (Å²) in [7, 11) is 1.90. The van der Waals surface area contributed by atoms with Gasteiger partial charge in [0, 0.05) is 50.7 Å². The summed E-state index contributed by atoms with van der Waals surface area (Å²) in [6.45, 7) is 4.20. The van der Waals surface area contributed by atoms with Crippen LogP contribution in [0.5, 0.6) is 0 Å². The van der Waals surface area contributed by atoms with Crippen molar-refractivity contribution in [2.24, 2.45) is 13.0 Å². The molecule has 0 bridgehead atoms. The number of rotatable bonds is 5. The minimum absolute atomic E-state index is 0.0440. The molecule has 1 saturated heterocycles. The van der Waals surface area contributed by atoms with Crippen molar-refractivity contribution in [2.45, 2.75) is 25.4 Å². The molecule has 3 rings (SSSR count). The summed E-state index contributed by atoms with van der Waals surface area (Å²) in [5.74, 6) is 0.230. The highest BCUT2D eigenvalue weighted by molar-refractivity contribution is 5.80. The lowest BCUT2D eigenvalue weighted by atomic mass is 9.90. The van der Waals surface area contributed by atoms with Crippen LogP contribution in [-0.2, 0) is 18.4 Å². The molecule has 1 unspecified atom stereocenters. The first-order valence-corrected chi connectivity index (χ1v) is 7.60. The Morgan fingerprint density at radius 1 is 1.50 bits per heavy atom. The maximum absolute atomic E-state index is 12.6. The van der Waals surface area contributed by atoms with E-state index in [0.717, 1.165) is 12.1 Å². The second-order valence-electron chi connectivity index (χ2n) is 5.96. The van der Waals surface area contributed by atoms with E-state index < -0.39 is 0 Å². The predicted octanol–water partition coefficient (Wildman–Crippen LogP) is 0.125. The fourth-order valence-corrected chi connectivity index (χ4v) is 3.02. The van der Waals surface area contributed by atoms with E-state index in [4.69, 9.17) is 0 Å². The molecule has 0 radical (unpaired) electrons. The summed E-state index contributed by atoms with van der Waals surface area (Å²) in [6.07, 6.45) is 7.49. The topological polar surface area (TPSA) is 76.8 Å². The number of aromatic nitrogens is 4. The number of hydrogen-bond acceptors (Lipinski definition) is 4. The third-order valence-electron chi connectivity index (χ3n) is 4.11. The smallest absolute Gasteiger partial charge is 0.225 e. The van der Waals surface area contributed by atoms with E-state index in [9.17, 15) is 4.79 Å². The summed E-state index contributed by atoms with van der Waals surface area (Å²) in [6, 6.07) is 1.93. The van der Waals surface area contributed by atoms with E-state index in [1.54, 1.807) is 10.9 Å². The summed E-state index contributed by atoms with van der Waals surface area (Å²) in [5.41, 5.74) is 1.12. The molecule has 0 aliphatic carbocycles. The number of carbonyl (C=O) groups excluding carboxylic acids is 1. The van der Waals surface area contributed by atoms with E-state index in [0.29, 0.717) is 13.1 Å². The lowest BCUT2D eigenvalue weighted by Gasteiger charge is -2.20. The Labute approximate surface area is 129 Å². The highest BCUT2D eigenvalue weighted by Gasteiger charge is 2.35. The van der Waals surface area contributed by atoms with Gasteiger partial charge in [0.1, 0.15) is 0 Å². The van der Waals surface area contributed by atoms with Crippen molar-refractivity contribution in [1.29, 1.82) is 0 Å². The van der Waals surface area contributed by atoms with Gasteiger partial charge in [0.15, 0.2) is 0 Å². The first kappa shape index (κ1) is 14.8. The van der Waals surface area contributed by atoms with Gasteiger partial charge >= 0.3 is 0 Å². The Morgan fingerprint density at radius 3 is 3.05 bits per heavy atom. The molecule has 7 nitrogen and oxygen atoms in total. The molecular weight excluding hydrogens is 280 g/mol. The van der Waals surface area contributed by atoms with Crippen molar-refractivity contribution in [3.63, 3.8) is 0 Å². The molecule has 3 heterocycles. The molecule has 1 fully saturated rings. The molecule has 7 heteroatoms. The molecule has 0 saturated carbocycles. The van der Waals surface area contributed by atoms with Crippen LogP contribution in [0.15, 0.2) is 30.9 Å². The van der Waals surface area contributed by atoms with Crippen LogP contribution in [0, 0.1) is 5.92 Å². The molecule has 22 heavy (non-hydrogen) atoms. The van der Waals surface area contributed by atoms with Crippen LogP contribution in [0.3, 0.4) is 0 Å². The van der Waals surface area contributed by atoms with Gasteiger partial charge in [0.2, 0.25) is 5.91 Å².